The van der Waals surface area contributed by atoms with Crippen LogP contribution in [-0.2, 0) is 26.1 Å². The van der Waals surface area contributed by atoms with Gasteiger partial charge < -0.3 is 4.74 Å². The Morgan fingerprint density at radius 2 is 1.93 bits per heavy atom. The first-order chi connectivity index (χ1) is 13.1. The molecular formula is C21H22ClN3O2. The van der Waals surface area contributed by atoms with Crippen molar-refractivity contribution in [1.82, 2.24) is 14.7 Å². The van der Waals surface area contributed by atoms with Crippen molar-refractivity contribution in [3.8, 4) is 5.75 Å². The standard InChI is InChI=1S/C21H22ClN3O2/c1-27-18-4-2-3-16(11-18)13-25-21(26)19-9-10-24(14-20(19)23-25)12-15-5-7-17(22)8-6-15/h2-8,11,23H,9-10,12-14H2,1H3. The van der Waals surface area contributed by atoms with Crippen LogP contribution in [0.2, 0.25) is 5.02 Å². The summed E-state index contributed by atoms with van der Waals surface area (Å²) in [7, 11) is 1.65. The van der Waals surface area contributed by atoms with E-state index in [0.717, 1.165) is 53.6 Å². The van der Waals surface area contributed by atoms with Crippen LogP contribution in [0.1, 0.15) is 22.4 Å². The smallest absolute Gasteiger partial charge is 0.270 e. The van der Waals surface area contributed by atoms with Gasteiger partial charge in [0.15, 0.2) is 0 Å². The van der Waals surface area contributed by atoms with Crippen LogP contribution >= 0.6 is 11.6 Å². The Morgan fingerprint density at radius 1 is 1.11 bits per heavy atom. The SMILES string of the molecule is COc1cccc(Cn2[nH]c3c(c2=O)CCN(Cc2ccc(Cl)cc2)C3)c1. The Balaban J connectivity index is 1.50. The molecule has 0 aliphatic carbocycles. The fraction of sp³-hybridized carbons (Fsp3) is 0.286. The van der Waals surface area contributed by atoms with Gasteiger partial charge in [0.05, 0.1) is 19.3 Å². The van der Waals surface area contributed by atoms with Gasteiger partial charge in [0.1, 0.15) is 5.75 Å². The van der Waals surface area contributed by atoms with Crippen molar-refractivity contribution in [2.24, 2.45) is 0 Å². The highest BCUT2D eigenvalue weighted by molar-refractivity contribution is 6.30. The third kappa shape index (κ3) is 3.94. The highest BCUT2D eigenvalue weighted by atomic mass is 35.5. The van der Waals surface area contributed by atoms with Crippen LogP contribution in [-0.4, -0.2) is 28.3 Å². The van der Waals surface area contributed by atoms with Crippen LogP contribution in [0.25, 0.3) is 0 Å². The number of nitrogens with one attached hydrogen (secondary N) is 1. The van der Waals surface area contributed by atoms with Crippen molar-refractivity contribution in [3.63, 3.8) is 0 Å². The zero-order chi connectivity index (χ0) is 18.8. The summed E-state index contributed by atoms with van der Waals surface area (Å²) in [6, 6.07) is 15.7. The zero-order valence-corrected chi connectivity index (χ0v) is 16.0. The first-order valence-electron chi connectivity index (χ1n) is 9.02. The number of nitrogens with zero attached hydrogens (tertiary/aromatic N) is 2. The number of aromatic nitrogens is 2. The molecule has 0 saturated heterocycles. The topological polar surface area (TPSA) is 50.3 Å². The molecule has 6 heteroatoms. The number of hydrogen-bond donors (Lipinski definition) is 1. The first-order valence-corrected chi connectivity index (χ1v) is 9.40. The molecule has 2 heterocycles. The second kappa shape index (κ2) is 7.62. The monoisotopic (exact) mass is 383 g/mol. The van der Waals surface area contributed by atoms with Crippen LogP contribution in [0.3, 0.4) is 0 Å². The second-order valence-corrected chi connectivity index (χ2v) is 7.34. The van der Waals surface area contributed by atoms with Gasteiger partial charge in [0.2, 0.25) is 0 Å². The summed E-state index contributed by atoms with van der Waals surface area (Å²) >= 11 is 5.96. The van der Waals surface area contributed by atoms with E-state index in [9.17, 15) is 4.79 Å². The Kier molecular flexibility index (Phi) is 5.05. The average Bonchev–Trinajstić information content (AvgIpc) is 2.99. The number of fused-ring (bicyclic) bond motifs is 1. The van der Waals surface area contributed by atoms with Crippen LogP contribution in [0, 0.1) is 0 Å². The minimum atomic E-state index is 0.0824. The molecule has 4 rings (SSSR count). The van der Waals surface area contributed by atoms with Gasteiger partial charge >= 0.3 is 0 Å². The summed E-state index contributed by atoms with van der Waals surface area (Å²) in [6.45, 7) is 2.99. The molecule has 3 aromatic rings. The third-order valence-electron chi connectivity index (χ3n) is 4.99. The lowest BCUT2D eigenvalue weighted by Gasteiger charge is -2.25. The molecule has 1 aliphatic heterocycles. The van der Waals surface area contributed by atoms with Crippen LogP contribution in [0.15, 0.2) is 53.3 Å². The molecule has 0 radical (unpaired) electrons. The van der Waals surface area contributed by atoms with E-state index in [1.54, 1.807) is 11.8 Å². The number of H-pyrrole nitrogens is 1. The van der Waals surface area contributed by atoms with E-state index in [1.807, 2.05) is 36.4 Å². The summed E-state index contributed by atoms with van der Waals surface area (Å²) in [5.74, 6) is 0.797. The Bertz CT molecular complexity index is 991. The first kappa shape index (κ1) is 17.9. The molecule has 0 atom stereocenters. The number of halogens is 1. The fourth-order valence-electron chi connectivity index (χ4n) is 3.58. The Labute approximate surface area is 163 Å². The molecule has 1 N–H and O–H groups in total. The van der Waals surface area contributed by atoms with Crippen molar-refractivity contribution >= 4 is 11.6 Å². The molecule has 140 valence electrons. The lowest BCUT2D eigenvalue weighted by atomic mass is 10.1. The van der Waals surface area contributed by atoms with E-state index >= 15 is 0 Å². The maximum Gasteiger partial charge on any atom is 0.270 e. The highest BCUT2D eigenvalue weighted by Gasteiger charge is 2.22. The van der Waals surface area contributed by atoms with Gasteiger partial charge in [-0.15, -0.1) is 0 Å². The van der Waals surface area contributed by atoms with Gasteiger partial charge in [-0.25, -0.2) is 4.68 Å². The predicted molar refractivity (Wildman–Crippen MR) is 106 cm³/mol. The maximum atomic E-state index is 12.7. The normalized spacial score (nSPS) is 14.1. The molecule has 1 aromatic heterocycles. The summed E-state index contributed by atoms with van der Waals surface area (Å²) < 4.78 is 6.97. The van der Waals surface area contributed by atoms with Crippen molar-refractivity contribution in [2.45, 2.75) is 26.1 Å². The number of rotatable bonds is 5. The number of aromatic amines is 1. The molecule has 27 heavy (non-hydrogen) atoms. The lowest BCUT2D eigenvalue weighted by molar-refractivity contribution is 0.242. The minimum absolute atomic E-state index is 0.0824. The van der Waals surface area contributed by atoms with Gasteiger partial charge in [-0.2, -0.15) is 0 Å². The molecule has 0 saturated carbocycles. The molecule has 0 unspecified atom stereocenters. The van der Waals surface area contributed by atoms with Crippen LogP contribution < -0.4 is 10.3 Å². The molecular weight excluding hydrogens is 362 g/mol. The van der Waals surface area contributed by atoms with Gasteiger partial charge in [-0.1, -0.05) is 35.9 Å². The summed E-state index contributed by atoms with van der Waals surface area (Å²) in [6.07, 6.45) is 0.767. The quantitative estimate of drug-likeness (QED) is 0.734. The highest BCUT2D eigenvalue weighted by Crippen LogP contribution is 2.19. The van der Waals surface area contributed by atoms with Crippen molar-refractivity contribution in [3.05, 3.63) is 86.3 Å². The van der Waals surface area contributed by atoms with Gasteiger partial charge in [-0.05, 0) is 41.8 Å². The van der Waals surface area contributed by atoms with Crippen molar-refractivity contribution in [1.29, 1.82) is 0 Å². The van der Waals surface area contributed by atoms with E-state index in [-0.39, 0.29) is 5.56 Å². The molecule has 0 bridgehead atoms. The average molecular weight is 384 g/mol. The molecule has 0 fully saturated rings. The van der Waals surface area contributed by atoms with E-state index < -0.39 is 0 Å². The maximum absolute atomic E-state index is 12.7. The molecule has 5 nitrogen and oxygen atoms in total. The minimum Gasteiger partial charge on any atom is -0.497 e. The van der Waals surface area contributed by atoms with Gasteiger partial charge in [-0.3, -0.25) is 14.8 Å². The fourth-order valence-corrected chi connectivity index (χ4v) is 3.71. The lowest BCUT2D eigenvalue weighted by Crippen LogP contribution is -2.31. The number of methoxy groups -OCH3 is 1. The summed E-state index contributed by atoms with van der Waals surface area (Å²) in [4.78, 5) is 15.1. The molecule has 1 aliphatic rings. The van der Waals surface area contributed by atoms with Crippen LogP contribution in [0.4, 0.5) is 0 Å². The van der Waals surface area contributed by atoms with Crippen LogP contribution in [0.5, 0.6) is 5.75 Å². The molecule has 0 spiro atoms. The van der Waals surface area contributed by atoms with E-state index in [4.69, 9.17) is 16.3 Å². The molecule has 0 amide bonds. The number of benzene rings is 2. The summed E-state index contributed by atoms with van der Waals surface area (Å²) in [5.41, 5.74) is 4.27. The summed E-state index contributed by atoms with van der Waals surface area (Å²) in [5, 5.41) is 4.06. The van der Waals surface area contributed by atoms with Crippen molar-refractivity contribution < 1.29 is 4.74 Å². The largest absolute Gasteiger partial charge is 0.497 e. The third-order valence-corrected chi connectivity index (χ3v) is 5.24. The van der Waals surface area contributed by atoms with E-state index in [2.05, 4.69) is 22.1 Å². The number of ether oxygens (including phenoxy) is 1. The van der Waals surface area contributed by atoms with Gasteiger partial charge in [0, 0.05) is 30.2 Å². The number of hydrogen-bond acceptors (Lipinski definition) is 3. The van der Waals surface area contributed by atoms with E-state index in [1.165, 1.54) is 5.56 Å². The van der Waals surface area contributed by atoms with Crippen molar-refractivity contribution in [2.75, 3.05) is 13.7 Å². The van der Waals surface area contributed by atoms with Gasteiger partial charge in [0.25, 0.3) is 5.56 Å². The zero-order valence-electron chi connectivity index (χ0n) is 15.2. The second-order valence-electron chi connectivity index (χ2n) is 6.90. The molecule has 2 aromatic carbocycles. The Morgan fingerprint density at radius 3 is 2.70 bits per heavy atom. The Hall–Kier alpha value is -2.50. The predicted octanol–water partition coefficient (Wildman–Crippen LogP) is 3.45. The van der Waals surface area contributed by atoms with E-state index in [0.29, 0.717) is 6.54 Å².